The summed E-state index contributed by atoms with van der Waals surface area (Å²) < 4.78 is 47.1. The quantitative estimate of drug-likeness (QED) is 0.563. The van der Waals surface area contributed by atoms with Crippen LogP contribution in [0.25, 0.3) is 11.3 Å². The summed E-state index contributed by atoms with van der Waals surface area (Å²) in [6.45, 7) is 3.57. The van der Waals surface area contributed by atoms with Crippen molar-refractivity contribution < 1.29 is 22.7 Å². The van der Waals surface area contributed by atoms with E-state index >= 15 is 0 Å². The summed E-state index contributed by atoms with van der Waals surface area (Å²) in [4.78, 5) is 22.6. The molecule has 1 unspecified atom stereocenters. The summed E-state index contributed by atoms with van der Waals surface area (Å²) in [5.74, 6) is 0.0341. The summed E-state index contributed by atoms with van der Waals surface area (Å²) in [6.07, 6.45) is 1.50. The number of pyridine rings is 2. The van der Waals surface area contributed by atoms with Crippen LogP contribution in [0, 0.1) is 0 Å². The van der Waals surface area contributed by atoms with E-state index in [1.54, 1.807) is 24.4 Å². The number of methoxy groups -OCH3 is 1. The summed E-state index contributed by atoms with van der Waals surface area (Å²) in [5, 5.41) is 7.57. The Hall–Kier alpha value is -3.83. The Morgan fingerprint density at radius 3 is 2.78 bits per heavy atom. The van der Waals surface area contributed by atoms with E-state index in [1.807, 2.05) is 23.7 Å². The van der Waals surface area contributed by atoms with Crippen LogP contribution in [0.4, 0.5) is 23.8 Å². The lowest BCUT2D eigenvalue weighted by Crippen LogP contribution is -2.41. The predicted molar refractivity (Wildman–Crippen MR) is 125 cm³/mol. The molecule has 190 valence electrons. The molecule has 2 atom stereocenters. The molecule has 0 aromatic carbocycles. The number of nitrogens with one attached hydrogen (secondary N) is 1. The lowest BCUT2D eigenvalue weighted by atomic mass is 9.82. The second kappa shape index (κ2) is 8.68. The Morgan fingerprint density at radius 2 is 2.03 bits per heavy atom. The Morgan fingerprint density at radius 1 is 1.25 bits per heavy atom. The van der Waals surface area contributed by atoms with Crippen molar-refractivity contribution in [1.82, 2.24) is 30.0 Å². The summed E-state index contributed by atoms with van der Waals surface area (Å²) >= 11 is 0. The number of ether oxygens (including phenoxy) is 1. The highest BCUT2D eigenvalue weighted by molar-refractivity contribution is 5.75. The van der Waals surface area contributed by atoms with Gasteiger partial charge in [0.2, 0.25) is 0 Å². The first-order valence-electron chi connectivity index (χ1n) is 11.6. The van der Waals surface area contributed by atoms with E-state index in [2.05, 4.69) is 20.4 Å². The molecule has 36 heavy (non-hydrogen) atoms. The van der Waals surface area contributed by atoms with E-state index in [1.165, 1.54) is 6.20 Å². The molecule has 3 aromatic rings. The molecule has 2 aliphatic heterocycles. The number of aromatic nitrogens is 4. The van der Waals surface area contributed by atoms with Crippen molar-refractivity contribution in [3.05, 3.63) is 53.6 Å². The number of urea groups is 1. The van der Waals surface area contributed by atoms with Crippen molar-refractivity contribution in [2.75, 3.05) is 25.9 Å². The molecule has 9 nitrogen and oxygen atoms in total. The topological polar surface area (TPSA) is 111 Å². The van der Waals surface area contributed by atoms with E-state index in [9.17, 15) is 18.0 Å². The SMILES string of the molecule is COc1cnccc1C(C)NC(=O)N1CC[C@@]2(CCn3nc(-c4cnc(N)c(C(F)(F)F)c4)cc32)C1. The smallest absolute Gasteiger partial charge is 0.419 e. The maximum atomic E-state index is 13.3. The molecule has 12 heteroatoms. The third-order valence-corrected chi connectivity index (χ3v) is 7.13. The van der Waals surface area contributed by atoms with Gasteiger partial charge in [-0.05, 0) is 38.0 Å². The van der Waals surface area contributed by atoms with Gasteiger partial charge in [-0.2, -0.15) is 18.3 Å². The van der Waals surface area contributed by atoms with E-state index in [4.69, 9.17) is 10.5 Å². The number of carbonyl (C=O) groups is 1. The maximum Gasteiger partial charge on any atom is 0.419 e. The molecule has 0 bridgehead atoms. The van der Waals surface area contributed by atoms with Gasteiger partial charge in [-0.1, -0.05) is 0 Å². The second-order valence-corrected chi connectivity index (χ2v) is 9.28. The number of amides is 2. The average Bonchev–Trinajstić information content (AvgIpc) is 3.55. The summed E-state index contributed by atoms with van der Waals surface area (Å²) in [7, 11) is 1.56. The normalized spacial score (nSPS) is 20.0. The standard InChI is InChI=1S/C24H26F3N7O2/c1-14(16-3-6-29-12-19(16)36-2)31-22(35)33-7-4-23(13-33)5-8-34-20(23)10-18(32-34)15-9-17(24(25,26)27)21(28)30-11-15/h3,6,9-12,14H,4-5,7-8,13H2,1-2H3,(H2,28,30)(H,31,35)/t14?,23-/m1/s1. The van der Waals surface area contributed by atoms with Gasteiger partial charge in [0, 0.05) is 54.3 Å². The summed E-state index contributed by atoms with van der Waals surface area (Å²) in [6, 6.07) is 4.13. The van der Waals surface area contributed by atoms with Crippen LogP contribution in [0.15, 0.2) is 36.8 Å². The first kappa shape index (κ1) is 23.9. The number of nitrogen functional groups attached to an aromatic ring is 1. The van der Waals surface area contributed by atoms with Gasteiger partial charge in [-0.15, -0.1) is 0 Å². The van der Waals surface area contributed by atoms with Crippen LogP contribution in [0.1, 0.15) is 42.6 Å². The molecule has 1 saturated heterocycles. The van der Waals surface area contributed by atoms with Crippen molar-refractivity contribution in [3.8, 4) is 17.0 Å². The number of hydrogen-bond donors (Lipinski definition) is 2. The van der Waals surface area contributed by atoms with Gasteiger partial charge in [0.15, 0.2) is 0 Å². The van der Waals surface area contributed by atoms with E-state index in [0.717, 1.165) is 30.2 Å². The number of fused-ring (bicyclic) bond motifs is 2. The zero-order valence-electron chi connectivity index (χ0n) is 19.8. The fraction of sp³-hybridized carbons (Fsp3) is 0.417. The van der Waals surface area contributed by atoms with E-state index in [0.29, 0.717) is 31.1 Å². The van der Waals surface area contributed by atoms with Crippen LogP contribution < -0.4 is 15.8 Å². The predicted octanol–water partition coefficient (Wildman–Crippen LogP) is 3.77. The highest BCUT2D eigenvalue weighted by Crippen LogP contribution is 2.44. The van der Waals surface area contributed by atoms with Crippen LogP contribution >= 0.6 is 0 Å². The highest BCUT2D eigenvalue weighted by Gasteiger charge is 2.47. The molecule has 5 rings (SSSR count). The van der Waals surface area contributed by atoms with Crippen LogP contribution in [-0.2, 0) is 18.1 Å². The number of aryl methyl sites for hydroxylation is 1. The first-order valence-corrected chi connectivity index (χ1v) is 11.6. The van der Waals surface area contributed by atoms with Crippen LogP contribution in [-0.4, -0.2) is 50.9 Å². The van der Waals surface area contributed by atoms with Crippen molar-refractivity contribution in [3.63, 3.8) is 0 Å². The maximum absolute atomic E-state index is 13.3. The Kier molecular flexibility index (Phi) is 5.76. The third kappa shape index (κ3) is 4.10. The van der Waals surface area contributed by atoms with Crippen LogP contribution in [0.2, 0.25) is 0 Å². The number of alkyl halides is 3. The molecule has 0 saturated carbocycles. The van der Waals surface area contributed by atoms with Crippen LogP contribution in [0.3, 0.4) is 0 Å². The average molecular weight is 502 g/mol. The molecule has 2 aliphatic rings. The van der Waals surface area contributed by atoms with Gasteiger partial charge in [0.05, 0.1) is 30.6 Å². The molecule has 0 aliphatic carbocycles. The number of nitrogens with zero attached hydrogens (tertiary/aromatic N) is 5. The Balaban J connectivity index is 1.33. The molecule has 1 fully saturated rings. The molecule has 0 radical (unpaired) electrons. The van der Waals surface area contributed by atoms with Gasteiger partial charge in [0.1, 0.15) is 11.6 Å². The lowest BCUT2D eigenvalue weighted by Gasteiger charge is -2.25. The number of likely N-dealkylation sites (tertiary alicyclic amines) is 1. The lowest BCUT2D eigenvalue weighted by molar-refractivity contribution is -0.137. The van der Waals surface area contributed by atoms with Gasteiger partial charge in [-0.3, -0.25) is 9.67 Å². The second-order valence-electron chi connectivity index (χ2n) is 9.28. The Bertz CT molecular complexity index is 1310. The molecule has 3 aromatic heterocycles. The Labute approximate surface area is 205 Å². The van der Waals surface area contributed by atoms with Crippen molar-refractivity contribution in [2.45, 2.75) is 43.9 Å². The number of anilines is 1. The number of halogens is 3. The fourth-order valence-electron chi connectivity index (χ4n) is 5.18. The minimum absolute atomic E-state index is 0.186. The molecule has 2 amide bonds. The van der Waals surface area contributed by atoms with E-state index in [-0.39, 0.29) is 23.1 Å². The number of carbonyl (C=O) groups excluding carboxylic acids is 1. The highest BCUT2D eigenvalue weighted by atomic mass is 19.4. The minimum Gasteiger partial charge on any atom is -0.495 e. The zero-order valence-corrected chi connectivity index (χ0v) is 19.8. The van der Waals surface area contributed by atoms with Gasteiger partial charge >= 0.3 is 12.2 Å². The molecule has 3 N–H and O–H groups in total. The number of hydrogen-bond acceptors (Lipinski definition) is 6. The third-order valence-electron chi connectivity index (χ3n) is 7.13. The molecule has 5 heterocycles. The minimum atomic E-state index is -4.60. The molecular formula is C24H26F3N7O2. The van der Waals surface area contributed by atoms with Gasteiger partial charge in [0.25, 0.3) is 0 Å². The summed E-state index contributed by atoms with van der Waals surface area (Å²) in [5.41, 5.74) is 6.57. The van der Waals surface area contributed by atoms with Gasteiger partial charge in [-0.25, -0.2) is 9.78 Å². The number of nitrogens with two attached hydrogens (primary N) is 1. The van der Waals surface area contributed by atoms with Crippen molar-refractivity contribution >= 4 is 11.8 Å². The van der Waals surface area contributed by atoms with E-state index < -0.39 is 17.6 Å². The monoisotopic (exact) mass is 501 g/mol. The first-order chi connectivity index (χ1) is 17.1. The molecular weight excluding hydrogens is 475 g/mol. The molecule has 1 spiro atoms. The number of rotatable bonds is 4. The zero-order chi connectivity index (χ0) is 25.7. The largest absolute Gasteiger partial charge is 0.495 e. The van der Waals surface area contributed by atoms with Crippen molar-refractivity contribution in [2.24, 2.45) is 0 Å². The van der Waals surface area contributed by atoms with Crippen molar-refractivity contribution in [1.29, 1.82) is 0 Å². The van der Waals surface area contributed by atoms with Crippen LogP contribution in [0.5, 0.6) is 5.75 Å². The van der Waals surface area contributed by atoms with Gasteiger partial charge < -0.3 is 20.7 Å². The fourth-order valence-corrected chi connectivity index (χ4v) is 5.18.